The number of alkyl halides is 3. The van der Waals surface area contributed by atoms with Gasteiger partial charge in [0.25, 0.3) is 5.90 Å². The van der Waals surface area contributed by atoms with Crippen LogP contribution in [0.15, 0.2) is 41.4 Å². The number of methoxy groups -OCH3 is 1. The molecular weight excluding hydrogens is 283 g/mol. The van der Waals surface area contributed by atoms with Crippen molar-refractivity contribution >= 4 is 11.6 Å². The number of halogens is 3. The number of aliphatic imine (C=N–C) groups is 1. The van der Waals surface area contributed by atoms with Gasteiger partial charge < -0.3 is 9.47 Å². The molecule has 0 heterocycles. The van der Waals surface area contributed by atoms with Crippen LogP contribution < -0.4 is 4.74 Å². The minimum Gasteiger partial charge on any atom is -0.497 e. The summed E-state index contributed by atoms with van der Waals surface area (Å²) in [6.45, 7) is 1.83. The Bertz CT molecular complexity index is 479. The average molecular weight is 301 g/mol. The van der Waals surface area contributed by atoms with Gasteiger partial charge in [-0.15, -0.1) is 0 Å². The molecule has 0 fully saturated rings. The lowest BCUT2D eigenvalue weighted by Crippen LogP contribution is -2.25. The minimum atomic E-state index is -4.63. The molecule has 1 aromatic rings. The Hall–Kier alpha value is -1.98. The Labute approximate surface area is 122 Å². The number of nitrogens with zero attached hydrogens (tertiary/aromatic N) is 1. The molecule has 3 nitrogen and oxygen atoms in total. The number of hydrogen-bond acceptors (Lipinski definition) is 3. The SMILES string of the molecule is CCC/C=C/COC(=Nc1ccc(OC)cc1)C(F)(F)F. The molecule has 0 radical (unpaired) electrons. The van der Waals surface area contributed by atoms with Crippen molar-refractivity contribution in [2.45, 2.75) is 25.9 Å². The molecule has 0 unspecified atom stereocenters. The third-order valence-corrected chi connectivity index (χ3v) is 2.48. The highest BCUT2D eigenvalue weighted by Gasteiger charge is 2.38. The van der Waals surface area contributed by atoms with Crippen molar-refractivity contribution in [2.75, 3.05) is 13.7 Å². The van der Waals surface area contributed by atoms with E-state index >= 15 is 0 Å². The second-order valence-corrected chi connectivity index (χ2v) is 4.18. The first-order valence-corrected chi connectivity index (χ1v) is 6.55. The Kier molecular flexibility index (Phi) is 6.78. The fourth-order valence-electron chi connectivity index (χ4n) is 1.43. The summed E-state index contributed by atoms with van der Waals surface area (Å²) in [6, 6.07) is 5.93. The number of hydrogen-bond donors (Lipinski definition) is 0. The monoisotopic (exact) mass is 301 g/mol. The molecule has 116 valence electrons. The van der Waals surface area contributed by atoms with E-state index in [9.17, 15) is 13.2 Å². The van der Waals surface area contributed by atoms with Gasteiger partial charge in [-0.3, -0.25) is 0 Å². The second-order valence-electron chi connectivity index (χ2n) is 4.18. The quantitative estimate of drug-likeness (QED) is 0.434. The van der Waals surface area contributed by atoms with Crippen LogP contribution in [0.2, 0.25) is 0 Å². The first kappa shape index (κ1) is 17.1. The molecule has 0 atom stereocenters. The van der Waals surface area contributed by atoms with E-state index in [2.05, 4.69) is 4.99 Å². The van der Waals surface area contributed by atoms with E-state index in [-0.39, 0.29) is 12.3 Å². The summed E-state index contributed by atoms with van der Waals surface area (Å²) in [4.78, 5) is 3.50. The van der Waals surface area contributed by atoms with Gasteiger partial charge in [-0.2, -0.15) is 13.2 Å². The first-order chi connectivity index (χ1) is 9.97. The van der Waals surface area contributed by atoms with Crippen LogP contribution >= 0.6 is 0 Å². The van der Waals surface area contributed by atoms with Crippen LogP contribution in [0.3, 0.4) is 0 Å². The van der Waals surface area contributed by atoms with Crippen molar-refractivity contribution < 1.29 is 22.6 Å². The lowest BCUT2D eigenvalue weighted by Gasteiger charge is -2.10. The third-order valence-electron chi connectivity index (χ3n) is 2.48. The standard InChI is InChI=1S/C15H18F3NO2/c1-3-4-5-6-11-21-14(15(16,17)18)19-12-7-9-13(20-2)10-8-12/h5-10H,3-4,11H2,1-2H3/b6-5+,19-14?. The van der Waals surface area contributed by atoms with Gasteiger partial charge in [0, 0.05) is 0 Å². The molecule has 0 aliphatic heterocycles. The predicted molar refractivity (Wildman–Crippen MR) is 76.1 cm³/mol. The van der Waals surface area contributed by atoms with E-state index < -0.39 is 12.1 Å². The molecule has 0 saturated heterocycles. The van der Waals surface area contributed by atoms with Gasteiger partial charge in [-0.05, 0) is 30.7 Å². The van der Waals surface area contributed by atoms with Gasteiger partial charge in [-0.1, -0.05) is 25.5 Å². The third kappa shape index (κ3) is 6.33. The van der Waals surface area contributed by atoms with Crippen LogP contribution in [-0.2, 0) is 4.74 Å². The molecule has 0 bridgehead atoms. The summed E-state index contributed by atoms with van der Waals surface area (Å²) in [6.07, 6.45) is 0.446. The van der Waals surface area contributed by atoms with Crippen molar-refractivity contribution in [3.8, 4) is 5.75 Å². The number of benzene rings is 1. The van der Waals surface area contributed by atoms with Crippen LogP contribution in [-0.4, -0.2) is 25.8 Å². The normalized spacial score (nSPS) is 12.7. The van der Waals surface area contributed by atoms with Crippen molar-refractivity contribution in [1.82, 2.24) is 0 Å². The molecule has 0 saturated carbocycles. The zero-order valence-electron chi connectivity index (χ0n) is 12.0. The van der Waals surface area contributed by atoms with Gasteiger partial charge in [0.15, 0.2) is 0 Å². The molecule has 1 rings (SSSR count). The van der Waals surface area contributed by atoms with Gasteiger partial charge in [0.1, 0.15) is 12.4 Å². The van der Waals surface area contributed by atoms with Crippen molar-refractivity contribution in [3.05, 3.63) is 36.4 Å². The summed E-state index contributed by atoms with van der Waals surface area (Å²) in [7, 11) is 1.48. The summed E-state index contributed by atoms with van der Waals surface area (Å²) in [5.74, 6) is -0.709. The highest BCUT2D eigenvalue weighted by molar-refractivity contribution is 5.84. The van der Waals surface area contributed by atoms with Crippen LogP contribution in [0.4, 0.5) is 18.9 Å². The smallest absolute Gasteiger partial charge is 0.468 e. The highest BCUT2D eigenvalue weighted by atomic mass is 19.4. The Morgan fingerprint density at radius 2 is 1.86 bits per heavy atom. The van der Waals surface area contributed by atoms with Gasteiger partial charge in [0.2, 0.25) is 0 Å². The molecule has 1 aromatic carbocycles. The van der Waals surface area contributed by atoms with Crippen LogP contribution in [0.25, 0.3) is 0 Å². The Morgan fingerprint density at radius 1 is 1.19 bits per heavy atom. The summed E-state index contributed by atoms with van der Waals surface area (Å²) >= 11 is 0. The van der Waals surface area contributed by atoms with E-state index in [1.807, 2.05) is 6.92 Å². The summed E-state index contributed by atoms with van der Waals surface area (Å²) < 4.78 is 48.1. The zero-order chi connectivity index (χ0) is 15.7. The number of unbranched alkanes of at least 4 members (excludes halogenated alkanes) is 1. The predicted octanol–water partition coefficient (Wildman–Crippen LogP) is 4.66. The molecule has 0 amide bonds. The maximum Gasteiger partial charge on any atom is 0.468 e. The van der Waals surface area contributed by atoms with Crippen LogP contribution in [0.5, 0.6) is 5.75 Å². The molecule has 0 N–H and O–H groups in total. The fourth-order valence-corrected chi connectivity index (χ4v) is 1.43. The Morgan fingerprint density at radius 3 is 2.38 bits per heavy atom. The lowest BCUT2D eigenvalue weighted by molar-refractivity contribution is -0.0770. The van der Waals surface area contributed by atoms with E-state index in [4.69, 9.17) is 9.47 Å². The van der Waals surface area contributed by atoms with E-state index in [1.165, 1.54) is 31.4 Å². The molecule has 0 aliphatic carbocycles. The first-order valence-electron chi connectivity index (χ1n) is 6.55. The van der Waals surface area contributed by atoms with Gasteiger partial charge >= 0.3 is 6.18 Å². The van der Waals surface area contributed by atoms with Gasteiger partial charge in [-0.25, -0.2) is 4.99 Å². The van der Waals surface area contributed by atoms with Crippen molar-refractivity contribution in [1.29, 1.82) is 0 Å². The van der Waals surface area contributed by atoms with Gasteiger partial charge in [0.05, 0.1) is 12.8 Å². The number of ether oxygens (including phenoxy) is 2. The van der Waals surface area contributed by atoms with E-state index in [0.29, 0.717) is 5.75 Å². The topological polar surface area (TPSA) is 30.8 Å². The summed E-state index contributed by atoms with van der Waals surface area (Å²) in [5, 5.41) is 0. The van der Waals surface area contributed by atoms with E-state index in [1.54, 1.807) is 12.2 Å². The molecule has 0 aliphatic rings. The minimum absolute atomic E-state index is 0.153. The molecule has 0 aromatic heterocycles. The van der Waals surface area contributed by atoms with Crippen molar-refractivity contribution in [3.63, 3.8) is 0 Å². The molecule has 0 spiro atoms. The zero-order valence-corrected chi connectivity index (χ0v) is 12.0. The van der Waals surface area contributed by atoms with Crippen LogP contribution in [0.1, 0.15) is 19.8 Å². The summed E-state index contributed by atoms with van der Waals surface area (Å²) in [5.41, 5.74) is 0.153. The maximum absolute atomic E-state index is 12.8. The lowest BCUT2D eigenvalue weighted by atomic mass is 10.3. The number of allylic oxidation sites excluding steroid dienone is 1. The maximum atomic E-state index is 12.8. The molecule has 21 heavy (non-hydrogen) atoms. The van der Waals surface area contributed by atoms with E-state index in [0.717, 1.165) is 12.8 Å². The molecule has 6 heteroatoms. The fraction of sp³-hybridized carbons (Fsp3) is 0.400. The Balaban J connectivity index is 2.78. The van der Waals surface area contributed by atoms with Crippen LogP contribution in [0, 0.1) is 0 Å². The number of rotatable bonds is 6. The second kappa shape index (κ2) is 8.34. The largest absolute Gasteiger partial charge is 0.497 e. The average Bonchev–Trinajstić information content (AvgIpc) is 2.45. The molecular formula is C15H18F3NO2. The van der Waals surface area contributed by atoms with Crippen molar-refractivity contribution in [2.24, 2.45) is 4.99 Å². The highest BCUT2D eigenvalue weighted by Crippen LogP contribution is 2.24.